The third-order valence-corrected chi connectivity index (χ3v) is 5.52. The Morgan fingerprint density at radius 2 is 2.08 bits per heavy atom. The Balaban J connectivity index is 1.87. The highest BCUT2D eigenvalue weighted by Crippen LogP contribution is 2.35. The summed E-state index contributed by atoms with van der Waals surface area (Å²) in [5.74, 6) is 0.841. The Bertz CT molecular complexity index is 829. The summed E-state index contributed by atoms with van der Waals surface area (Å²) in [7, 11) is 0.148. The van der Waals surface area contributed by atoms with Gasteiger partial charge in [0.25, 0.3) is 10.0 Å². The van der Waals surface area contributed by atoms with Crippen molar-refractivity contribution in [1.29, 1.82) is 0 Å². The third-order valence-electron chi connectivity index (χ3n) is 4.67. The van der Waals surface area contributed by atoms with Gasteiger partial charge in [-0.15, -0.1) is 10.2 Å². The molecule has 11 heteroatoms. The number of pyridine rings is 1. The molecule has 1 aliphatic heterocycles. The molecular weight excluding hydrogens is 356 g/mol. The van der Waals surface area contributed by atoms with Gasteiger partial charge >= 0.3 is 0 Å². The number of primary sulfonamides is 1. The van der Waals surface area contributed by atoms with Crippen molar-refractivity contribution in [1.82, 2.24) is 30.5 Å². The molecule has 1 aliphatic rings. The van der Waals surface area contributed by atoms with Crippen LogP contribution in [-0.2, 0) is 10.0 Å². The second-order valence-corrected chi connectivity index (χ2v) is 8.29. The SMILES string of the molecule is CN(C)CCC1CCN(c2ccnc(S(N)(=O)=O)c2-c2nn[nH]n2)CC1. The van der Waals surface area contributed by atoms with Crippen LogP contribution >= 0.6 is 0 Å². The number of rotatable bonds is 6. The topological polar surface area (TPSA) is 134 Å². The smallest absolute Gasteiger partial charge is 0.256 e. The van der Waals surface area contributed by atoms with Crippen LogP contribution in [0.1, 0.15) is 19.3 Å². The number of nitrogens with zero attached hydrogens (tertiary/aromatic N) is 6. The molecule has 1 fully saturated rings. The number of nitrogens with two attached hydrogens (primary N) is 1. The van der Waals surface area contributed by atoms with Crippen LogP contribution in [0.15, 0.2) is 17.3 Å². The number of sulfonamides is 1. The average molecular weight is 380 g/mol. The molecule has 0 amide bonds. The van der Waals surface area contributed by atoms with Crippen molar-refractivity contribution in [2.24, 2.45) is 11.1 Å². The molecule has 2 aromatic heterocycles. The van der Waals surface area contributed by atoms with Crippen molar-refractivity contribution in [3.8, 4) is 11.4 Å². The highest BCUT2D eigenvalue weighted by Gasteiger charge is 2.28. The number of aromatic amines is 1. The van der Waals surface area contributed by atoms with Gasteiger partial charge < -0.3 is 9.80 Å². The van der Waals surface area contributed by atoms with Crippen molar-refractivity contribution in [3.63, 3.8) is 0 Å². The van der Waals surface area contributed by atoms with Crippen LogP contribution in [0, 0.1) is 5.92 Å². The number of piperidine rings is 1. The summed E-state index contributed by atoms with van der Waals surface area (Å²) in [5, 5.41) is 18.9. The minimum Gasteiger partial charge on any atom is -0.371 e. The van der Waals surface area contributed by atoms with Crippen molar-refractivity contribution < 1.29 is 8.42 Å². The molecule has 0 bridgehead atoms. The van der Waals surface area contributed by atoms with Crippen LogP contribution < -0.4 is 10.0 Å². The van der Waals surface area contributed by atoms with Gasteiger partial charge in [-0.1, -0.05) is 0 Å². The molecule has 3 heterocycles. The first-order chi connectivity index (χ1) is 12.4. The second kappa shape index (κ2) is 7.64. The molecule has 10 nitrogen and oxygen atoms in total. The standard InChI is InChI=1S/C15H24N8O2S/c1-22(2)8-4-11-5-9-23(10-6-11)12-3-7-17-15(26(16,24)25)13(12)14-18-20-21-19-14/h3,7,11H,4-6,8-10H2,1-2H3,(H2,16,24,25)(H,18,19,20,21). The fourth-order valence-corrected chi connectivity index (χ4v) is 3.98. The summed E-state index contributed by atoms with van der Waals surface area (Å²) in [6.07, 6.45) is 4.72. The van der Waals surface area contributed by atoms with E-state index < -0.39 is 10.0 Å². The van der Waals surface area contributed by atoms with E-state index in [1.165, 1.54) is 6.20 Å². The Hall–Kier alpha value is -2.11. The zero-order chi connectivity index (χ0) is 18.7. The van der Waals surface area contributed by atoms with E-state index in [9.17, 15) is 8.42 Å². The maximum absolute atomic E-state index is 12.0. The number of hydrogen-bond donors (Lipinski definition) is 2. The zero-order valence-corrected chi connectivity index (χ0v) is 15.8. The van der Waals surface area contributed by atoms with E-state index >= 15 is 0 Å². The summed E-state index contributed by atoms with van der Waals surface area (Å²) in [6, 6.07) is 1.78. The molecular formula is C15H24N8O2S. The van der Waals surface area contributed by atoms with Gasteiger partial charge in [0.1, 0.15) is 0 Å². The number of H-pyrrole nitrogens is 1. The van der Waals surface area contributed by atoms with Gasteiger partial charge in [0, 0.05) is 19.3 Å². The van der Waals surface area contributed by atoms with Gasteiger partial charge in [0.05, 0.1) is 11.3 Å². The monoisotopic (exact) mass is 380 g/mol. The third kappa shape index (κ3) is 4.17. The van der Waals surface area contributed by atoms with E-state index in [1.807, 2.05) is 0 Å². The van der Waals surface area contributed by atoms with Gasteiger partial charge in [-0.05, 0) is 57.1 Å². The molecule has 0 aliphatic carbocycles. The number of aromatic nitrogens is 5. The lowest BCUT2D eigenvalue weighted by Crippen LogP contribution is -2.35. The number of anilines is 1. The first kappa shape index (κ1) is 18.7. The van der Waals surface area contributed by atoms with Crippen LogP contribution in [-0.4, -0.2) is 72.7 Å². The molecule has 0 unspecified atom stereocenters. The van der Waals surface area contributed by atoms with Crippen molar-refractivity contribution in [2.45, 2.75) is 24.3 Å². The van der Waals surface area contributed by atoms with Crippen molar-refractivity contribution >= 4 is 15.7 Å². The summed E-state index contributed by atoms with van der Waals surface area (Å²) >= 11 is 0. The molecule has 2 aromatic rings. The molecule has 0 saturated carbocycles. The minimum absolute atomic E-state index is 0.173. The highest BCUT2D eigenvalue weighted by molar-refractivity contribution is 7.89. The Kier molecular flexibility index (Phi) is 5.49. The largest absolute Gasteiger partial charge is 0.371 e. The van der Waals surface area contributed by atoms with E-state index in [2.05, 4.69) is 49.5 Å². The molecule has 0 spiro atoms. The predicted molar refractivity (Wildman–Crippen MR) is 96.9 cm³/mol. The maximum atomic E-state index is 12.0. The fourth-order valence-electron chi connectivity index (χ4n) is 3.29. The number of nitrogens with one attached hydrogen (secondary N) is 1. The zero-order valence-electron chi connectivity index (χ0n) is 15.0. The molecule has 1 saturated heterocycles. The predicted octanol–water partition coefficient (Wildman–Crippen LogP) is 0.0772. The van der Waals surface area contributed by atoms with E-state index in [1.54, 1.807) is 6.07 Å². The van der Waals surface area contributed by atoms with Gasteiger partial charge in [-0.3, -0.25) is 0 Å². The minimum atomic E-state index is -4.01. The molecule has 142 valence electrons. The van der Waals surface area contributed by atoms with Gasteiger partial charge in [-0.2, -0.15) is 5.21 Å². The molecule has 0 radical (unpaired) electrons. The summed E-state index contributed by atoms with van der Waals surface area (Å²) in [5.41, 5.74) is 1.02. The first-order valence-corrected chi connectivity index (χ1v) is 10.1. The molecule has 3 rings (SSSR count). The van der Waals surface area contributed by atoms with E-state index in [0.29, 0.717) is 11.5 Å². The molecule has 3 N–H and O–H groups in total. The van der Waals surface area contributed by atoms with Crippen LogP contribution in [0.4, 0.5) is 5.69 Å². The normalized spacial score (nSPS) is 16.4. The van der Waals surface area contributed by atoms with E-state index in [4.69, 9.17) is 5.14 Å². The summed E-state index contributed by atoms with van der Waals surface area (Å²) in [6.45, 7) is 2.73. The van der Waals surface area contributed by atoms with Gasteiger partial charge in [0.15, 0.2) is 5.03 Å². The average Bonchev–Trinajstić information content (AvgIpc) is 3.13. The van der Waals surface area contributed by atoms with Crippen LogP contribution in [0.25, 0.3) is 11.4 Å². The van der Waals surface area contributed by atoms with Crippen molar-refractivity contribution in [3.05, 3.63) is 12.3 Å². The maximum Gasteiger partial charge on any atom is 0.256 e. The number of tetrazole rings is 1. The van der Waals surface area contributed by atoms with E-state index in [-0.39, 0.29) is 10.9 Å². The molecule has 0 atom stereocenters. The molecule has 26 heavy (non-hydrogen) atoms. The summed E-state index contributed by atoms with van der Waals surface area (Å²) < 4.78 is 24.0. The number of hydrogen-bond acceptors (Lipinski definition) is 8. The van der Waals surface area contributed by atoms with Crippen molar-refractivity contribution in [2.75, 3.05) is 38.6 Å². The van der Waals surface area contributed by atoms with Gasteiger partial charge in [-0.25, -0.2) is 18.5 Å². The van der Waals surface area contributed by atoms with E-state index in [0.717, 1.165) is 44.6 Å². The second-order valence-electron chi connectivity index (χ2n) is 6.81. The Morgan fingerprint density at radius 3 is 2.65 bits per heavy atom. The quantitative estimate of drug-likeness (QED) is 0.719. The Labute approximate surface area is 152 Å². The van der Waals surface area contributed by atoms with Crippen LogP contribution in [0.3, 0.4) is 0 Å². The van der Waals surface area contributed by atoms with Crippen LogP contribution in [0.5, 0.6) is 0 Å². The Morgan fingerprint density at radius 1 is 1.35 bits per heavy atom. The summed E-state index contributed by atoms with van der Waals surface area (Å²) in [4.78, 5) is 8.30. The lowest BCUT2D eigenvalue weighted by Gasteiger charge is -2.35. The molecule has 0 aromatic carbocycles. The lowest BCUT2D eigenvalue weighted by atomic mass is 9.93. The fraction of sp³-hybridized carbons (Fsp3) is 0.600. The van der Waals surface area contributed by atoms with Crippen LogP contribution in [0.2, 0.25) is 0 Å². The van der Waals surface area contributed by atoms with Gasteiger partial charge in [0.2, 0.25) is 5.82 Å². The lowest BCUT2D eigenvalue weighted by molar-refractivity contribution is 0.313. The first-order valence-electron chi connectivity index (χ1n) is 8.51. The highest BCUT2D eigenvalue weighted by atomic mass is 32.2.